The summed E-state index contributed by atoms with van der Waals surface area (Å²) in [4.78, 5) is 10.7. The third-order valence-corrected chi connectivity index (χ3v) is 3.26. The second kappa shape index (κ2) is 4.20. The molecule has 3 nitrogen and oxygen atoms in total. The van der Waals surface area contributed by atoms with Crippen molar-refractivity contribution in [1.29, 1.82) is 0 Å². The largest absolute Gasteiger partial charge is 0.356 e. The first-order chi connectivity index (χ1) is 6.11. The Morgan fingerprint density at radius 2 is 1.77 bits per heavy atom. The van der Waals surface area contributed by atoms with Crippen LogP contribution in [0.3, 0.4) is 0 Å². The van der Waals surface area contributed by atoms with Gasteiger partial charge in [0, 0.05) is 13.0 Å². The van der Waals surface area contributed by atoms with E-state index in [1.165, 1.54) is 0 Å². The molecule has 0 spiro atoms. The maximum atomic E-state index is 10.7. The lowest BCUT2D eigenvalue weighted by Crippen LogP contribution is -2.46. The van der Waals surface area contributed by atoms with Gasteiger partial charge in [0.15, 0.2) is 6.29 Å². The summed E-state index contributed by atoms with van der Waals surface area (Å²) >= 11 is 0. The third kappa shape index (κ3) is 1.92. The first-order valence-corrected chi connectivity index (χ1v) is 4.75. The van der Waals surface area contributed by atoms with Crippen LogP contribution in [-0.4, -0.2) is 25.8 Å². The molecule has 1 aliphatic rings. The third-order valence-electron chi connectivity index (χ3n) is 3.26. The predicted molar refractivity (Wildman–Crippen MR) is 49.2 cm³/mol. The Labute approximate surface area is 79.4 Å². The molecule has 0 aromatic heterocycles. The molecule has 13 heavy (non-hydrogen) atoms. The Kier molecular flexibility index (Phi) is 3.45. The van der Waals surface area contributed by atoms with Gasteiger partial charge >= 0.3 is 0 Å². The van der Waals surface area contributed by atoms with Gasteiger partial charge in [0.2, 0.25) is 0 Å². The summed E-state index contributed by atoms with van der Waals surface area (Å²) in [5, 5.41) is 0. The number of aldehydes is 1. The van der Waals surface area contributed by atoms with Gasteiger partial charge in [-0.1, -0.05) is 20.8 Å². The van der Waals surface area contributed by atoms with Crippen LogP contribution in [0.2, 0.25) is 0 Å². The van der Waals surface area contributed by atoms with Crippen LogP contribution >= 0.6 is 0 Å². The molecule has 2 unspecified atom stereocenters. The molecule has 0 amide bonds. The number of hydrogen-bond donors (Lipinski definition) is 0. The summed E-state index contributed by atoms with van der Waals surface area (Å²) in [6, 6.07) is 0. The normalized spacial score (nSPS) is 46.0. The van der Waals surface area contributed by atoms with Crippen molar-refractivity contribution in [2.75, 3.05) is 7.11 Å². The zero-order chi connectivity index (χ0) is 10.0. The Hall–Kier alpha value is -0.410. The number of hydrogen-bond acceptors (Lipinski definition) is 3. The van der Waals surface area contributed by atoms with Crippen LogP contribution in [0, 0.1) is 17.8 Å². The lowest BCUT2D eigenvalue weighted by molar-refractivity contribution is -0.229. The zero-order valence-electron chi connectivity index (χ0n) is 8.69. The van der Waals surface area contributed by atoms with Crippen molar-refractivity contribution in [3.8, 4) is 0 Å². The van der Waals surface area contributed by atoms with Gasteiger partial charge in [-0.25, -0.2) is 0 Å². The zero-order valence-corrected chi connectivity index (χ0v) is 8.69. The molecule has 0 saturated carbocycles. The Balaban J connectivity index is 2.71. The average molecular weight is 186 g/mol. The minimum atomic E-state index is -0.309. The summed E-state index contributed by atoms with van der Waals surface area (Å²) in [7, 11) is 1.62. The van der Waals surface area contributed by atoms with Crippen LogP contribution in [0.15, 0.2) is 0 Å². The van der Waals surface area contributed by atoms with Crippen LogP contribution in [-0.2, 0) is 14.3 Å². The van der Waals surface area contributed by atoms with Gasteiger partial charge < -0.3 is 14.3 Å². The molecule has 0 radical (unpaired) electrons. The molecule has 1 saturated heterocycles. The fourth-order valence-electron chi connectivity index (χ4n) is 1.85. The highest BCUT2D eigenvalue weighted by molar-refractivity contribution is 5.56. The van der Waals surface area contributed by atoms with Crippen molar-refractivity contribution in [1.82, 2.24) is 0 Å². The molecular weight excluding hydrogens is 168 g/mol. The van der Waals surface area contributed by atoms with Gasteiger partial charge in [-0.15, -0.1) is 0 Å². The number of methoxy groups -OCH3 is 1. The van der Waals surface area contributed by atoms with Crippen molar-refractivity contribution in [2.24, 2.45) is 17.8 Å². The number of rotatable bonds is 2. The Morgan fingerprint density at radius 1 is 1.15 bits per heavy atom. The SMILES string of the molecule is CO[C@H]1OC(C=O)[C@H](C)[C@H](C)C1C. The molecule has 76 valence electrons. The number of carbonyl (C=O) groups excluding carboxylic acids is 1. The van der Waals surface area contributed by atoms with Crippen molar-refractivity contribution in [2.45, 2.75) is 33.2 Å². The van der Waals surface area contributed by atoms with E-state index in [-0.39, 0.29) is 18.3 Å². The first kappa shape index (κ1) is 10.7. The first-order valence-electron chi connectivity index (χ1n) is 4.75. The average Bonchev–Trinajstić information content (AvgIpc) is 2.15. The van der Waals surface area contributed by atoms with Crippen LogP contribution in [0.25, 0.3) is 0 Å². The molecule has 3 heteroatoms. The molecule has 0 aliphatic carbocycles. The van der Waals surface area contributed by atoms with E-state index in [1.807, 2.05) is 6.92 Å². The van der Waals surface area contributed by atoms with Crippen molar-refractivity contribution >= 4 is 6.29 Å². The van der Waals surface area contributed by atoms with E-state index in [4.69, 9.17) is 9.47 Å². The van der Waals surface area contributed by atoms with E-state index in [0.29, 0.717) is 11.8 Å². The van der Waals surface area contributed by atoms with Crippen LogP contribution in [0.5, 0.6) is 0 Å². The molecule has 0 aromatic carbocycles. The predicted octanol–water partition coefficient (Wildman–Crippen LogP) is 1.46. The van der Waals surface area contributed by atoms with Crippen molar-refractivity contribution in [3.05, 3.63) is 0 Å². The molecule has 1 rings (SSSR count). The van der Waals surface area contributed by atoms with Crippen LogP contribution in [0.4, 0.5) is 0 Å². The highest BCUT2D eigenvalue weighted by Gasteiger charge is 2.38. The summed E-state index contributed by atoms with van der Waals surface area (Å²) in [6.45, 7) is 6.28. The Morgan fingerprint density at radius 3 is 2.23 bits per heavy atom. The fourth-order valence-corrected chi connectivity index (χ4v) is 1.85. The van der Waals surface area contributed by atoms with Crippen LogP contribution in [0.1, 0.15) is 20.8 Å². The van der Waals surface area contributed by atoms with Gasteiger partial charge in [0.05, 0.1) is 0 Å². The molecule has 0 bridgehead atoms. The second-order valence-electron chi connectivity index (χ2n) is 3.92. The molecule has 1 fully saturated rings. The van der Waals surface area contributed by atoms with Crippen molar-refractivity contribution in [3.63, 3.8) is 0 Å². The van der Waals surface area contributed by atoms with E-state index >= 15 is 0 Å². The monoisotopic (exact) mass is 186 g/mol. The smallest absolute Gasteiger partial charge is 0.160 e. The Bertz CT molecular complexity index is 179. The quantitative estimate of drug-likeness (QED) is 0.612. The molecule has 1 heterocycles. The van der Waals surface area contributed by atoms with Crippen molar-refractivity contribution < 1.29 is 14.3 Å². The van der Waals surface area contributed by atoms with Gasteiger partial charge in [0.1, 0.15) is 12.4 Å². The van der Waals surface area contributed by atoms with E-state index < -0.39 is 0 Å². The molecular formula is C10H18O3. The fraction of sp³-hybridized carbons (Fsp3) is 0.900. The minimum absolute atomic E-state index is 0.235. The van der Waals surface area contributed by atoms with E-state index in [9.17, 15) is 4.79 Å². The lowest BCUT2D eigenvalue weighted by Gasteiger charge is -2.40. The summed E-state index contributed by atoms with van der Waals surface area (Å²) < 4.78 is 10.7. The molecule has 0 N–H and O–H groups in total. The van der Waals surface area contributed by atoms with Gasteiger partial charge in [0.25, 0.3) is 0 Å². The standard InChI is InChI=1S/C10H18O3/c1-6-7(2)9(5-11)13-10(12-4)8(6)3/h5-10H,1-4H3/t6-,7+,8?,9?,10-/m0/s1. The maximum Gasteiger partial charge on any atom is 0.160 e. The van der Waals surface area contributed by atoms with Gasteiger partial charge in [-0.05, 0) is 11.8 Å². The van der Waals surface area contributed by atoms with Gasteiger partial charge in [-0.3, -0.25) is 0 Å². The molecule has 1 aliphatic heterocycles. The van der Waals surface area contributed by atoms with Crippen LogP contribution < -0.4 is 0 Å². The highest BCUT2D eigenvalue weighted by atomic mass is 16.7. The highest BCUT2D eigenvalue weighted by Crippen LogP contribution is 2.34. The summed E-state index contributed by atoms with van der Waals surface area (Å²) in [5.41, 5.74) is 0. The lowest BCUT2D eigenvalue weighted by atomic mass is 9.79. The number of ether oxygens (including phenoxy) is 2. The number of carbonyl (C=O) groups is 1. The van der Waals surface area contributed by atoms with Gasteiger partial charge in [-0.2, -0.15) is 0 Å². The summed E-state index contributed by atoms with van der Waals surface area (Å²) in [5.74, 6) is 1.07. The molecule has 0 aromatic rings. The minimum Gasteiger partial charge on any atom is -0.356 e. The second-order valence-corrected chi connectivity index (χ2v) is 3.92. The molecule has 5 atom stereocenters. The van der Waals surface area contributed by atoms with E-state index in [0.717, 1.165) is 6.29 Å². The van der Waals surface area contributed by atoms with E-state index in [2.05, 4.69) is 13.8 Å². The topological polar surface area (TPSA) is 35.5 Å². The van der Waals surface area contributed by atoms with E-state index in [1.54, 1.807) is 7.11 Å². The maximum absolute atomic E-state index is 10.7. The summed E-state index contributed by atoms with van der Waals surface area (Å²) in [6.07, 6.45) is 0.330.